The van der Waals surface area contributed by atoms with Crippen molar-refractivity contribution in [2.24, 2.45) is 0 Å². The van der Waals surface area contributed by atoms with E-state index in [1.807, 2.05) is 43.6 Å². The van der Waals surface area contributed by atoms with Gasteiger partial charge in [0.2, 0.25) is 0 Å². The van der Waals surface area contributed by atoms with Gasteiger partial charge in [0.05, 0.1) is 0 Å². The molecule has 1 aliphatic rings. The maximum atomic E-state index is 6.04. The van der Waals surface area contributed by atoms with Crippen molar-refractivity contribution < 1.29 is 9.47 Å². The van der Waals surface area contributed by atoms with E-state index in [1.54, 1.807) is 0 Å². The highest BCUT2D eigenvalue weighted by Crippen LogP contribution is 2.31. The van der Waals surface area contributed by atoms with Crippen LogP contribution in [-0.4, -0.2) is 32.2 Å². The van der Waals surface area contributed by atoms with Crippen LogP contribution in [0.1, 0.15) is 24.9 Å². The molecule has 1 atom stereocenters. The number of hydrogen-bond donors (Lipinski definition) is 1. The molecule has 0 radical (unpaired) electrons. The van der Waals surface area contributed by atoms with Crippen molar-refractivity contribution in [3.63, 3.8) is 0 Å². The molecular weight excluding hydrogens is 316 g/mol. The minimum absolute atomic E-state index is 0.0385. The molecule has 3 aromatic rings. The van der Waals surface area contributed by atoms with Crippen LogP contribution in [0.2, 0.25) is 0 Å². The molecule has 0 saturated carbocycles. The first-order valence-corrected chi connectivity index (χ1v) is 8.70. The van der Waals surface area contributed by atoms with Crippen LogP contribution in [0.3, 0.4) is 0 Å². The number of ether oxygens (including phenoxy) is 2. The lowest BCUT2D eigenvalue weighted by molar-refractivity contribution is 0.0817. The van der Waals surface area contributed by atoms with Gasteiger partial charge in [0.25, 0.3) is 0 Å². The van der Waals surface area contributed by atoms with Gasteiger partial charge in [-0.1, -0.05) is 19.1 Å². The first-order chi connectivity index (χ1) is 12.2. The van der Waals surface area contributed by atoms with Gasteiger partial charge < -0.3 is 19.0 Å². The number of aromatic nitrogens is 4. The summed E-state index contributed by atoms with van der Waals surface area (Å²) in [6.45, 7) is 5.50. The number of fused-ring (bicyclic) bond motifs is 1. The summed E-state index contributed by atoms with van der Waals surface area (Å²) in [5.74, 6) is 3.52. The molecule has 3 heterocycles. The van der Waals surface area contributed by atoms with Crippen LogP contribution >= 0.6 is 0 Å². The van der Waals surface area contributed by atoms with E-state index in [4.69, 9.17) is 9.47 Å². The molecule has 0 saturated heterocycles. The zero-order chi connectivity index (χ0) is 17.2. The van der Waals surface area contributed by atoms with Crippen molar-refractivity contribution in [2.45, 2.75) is 39.3 Å². The number of imidazole rings is 2. The fourth-order valence-electron chi connectivity index (χ4n) is 3.10. The summed E-state index contributed by atoms with van der Waals surface area (Å²) in [7, 11) is 0. The van der Waals surface area contributed by atoms with Crippen LogP contribution in [0.5, 0.6) is 11.5 Å². The molecule has 0 amide bonds. The lowest BCUT2D eigenvalue weighted by Crippen LogP contribution is -2.30. The third-order valence-electron chi connectivity index (χ3n) is 4.46. The molecule has 2 aromatic heterocycles. The zero-order valence-corrected chi connectivity index (χ0v) is 14.5. The fourth-order valence-corrected chi connectivity index (χ4v) is 3.10. The molecule has 0 aliphatic carbocycles. The predicted molar refractivity (Wildman–Crippen MR) is 94.9 cm³/mol. The Bertz CT molecular complexity index is 868. The molecule has 130 valence electrons. The van der Waals surface area contributed by atoms with E-state index in [9.17, 15) is 0 Å². The molecule has 0 fully saturated rings. The highest BCUT2D eigenvalue weighted by molar-refractivity contribution is 5.53. The molecule has 6 nitrogen and oxygen atoms in total. The maximum absolute atomic E-state index is 6.04. The highest BCUT2D eigenvalue weighted by Gasteiger charge is 2.21. The normalized spacial score (nSPS) is 16.2. The summed E-state index contributed by atoms with van der Waals surface area (Å²) < 4.78 is 14.0. The number of benzene rings is 1. The van der Waals surface area contributed by atoms with Gasteiger partial charge in [-0.15, -0.1) is 0 Å². The number of nitrogens with zero attached hydrogens (tertiary/aromatic N) is 3. The lowest BCUT2D eigenvalue weighted by Gasteiger charge is -2.26. The minimum atomic E-state index is 0.0385. The molecular formula is C19H22N4O2. The smallest absolute Gasteiger partial charge is 0.161 e. The van der Waals surface area contributed by atoms with Gasteiger partial charge in [0.1, 0.15) is 24.2 Å². The summed E-state index contributed by atoms with van der Waals surface area (Å²) in [6.07, 6.45) is 5.59. The average molecular weight is 338 g/mol. The molecule has 1 aromatic carbocycles. The predicted octanol–water partition coefficient (Wildman–Crippen LogP) is 3.37. The summed E-state index contributed by atoms with van der Waals surface area (Å²) in [6, 6.07) is 7.80. The van der Waals surface area contributed by atoms with Crippen LogP contribution in [0.25, 0.3) is 11.5 Å². The van der Waals surface area contributed by atoms with Crippen LogP contribution in [0, 0.1) is 6.92 Å². The second kappa shape index (κ2) is 6.63. The van der Waals surface area contributed by atoms with Gasteiger partial charge in [0.15, 0.2) is 17.3 Å². The summed E-state index contributed by atoms with van der Waals surface area (Å²) >= 11 is 0. The van der Waals surface area contributed by atoms with E-state index < -0.39 is 0 Å². The molecule has 1 unspecified atom stereocenters. The Morgan fingerprint density at radius 1 is 1.28 bits per heavy atom. The third-order valence-corrected chi connectivity index (χ3v) is 4.46. The van der Waals surface area contributed by atoms with Crippen molar-refractivity contribution in [2.75, 3.05) is 6.61 Å². The Hall–Kier alpha value is -2.76. The molecule has 1 N–H and O–H groups in total. The average Bonchev–Trinajstić information content (AvgIpc) is 3.25. The largest absolute Gasteiger partial charge is 0.486 e. The van der Waals surface area contributed by atoms with Gasteiger partial charge >= 0.3 is 0 Å². The summed E-state index contributed by atoms with van der Waals surface area (Å²) in [5, 5.41) is 0. The van der Waals surface area contributed by atoms with Crippen LogP contribution in [0.4, 0.5) is 0 Å². The zero-order valence-electron chi connectivity index (χ0n) is 14.5. The topological polar surface area (TPSA) is 65.0 Å². The fraction of sp³-hybridized carbons (Fsp3) is 0.368. The van der Waals surface area contributed by atoms with Gasteiger partial charge in [0, 0.05) is 37.5 Å². The number of H-pyrrole nitrogens is 1. The van der Waals surface area contributed by atoms with E-state index in [-0.39, 0.29) is 6.10 Å². The highest BCUT2D eigenvalue weighted by atomic mass is 16.6. The van der Waals surface area contributed by atoms with Gasteiger partial charge in [-0.3, -0.25) is 0 Å². The van der Waals surface area contributed by atoms with Crippen LogP contribution in [-0.2, 0) is 13.0 Å². The second-order valence-electron chi connectivity index (χ2n) is 6.24. The number of nitrogens with one attached hydrogen (secondary N) is 1. The Morgan fingerprint density at radius 2 is 2.12 bits per heavy atom. The van der Waals surface area contributed by atoms with E-state index in [1.165, 1.54) is 0 Å². The molecule has 25 heavy (non-hydrogen) atoms. The minimum Gasteiger partial charge on any atom is -0.486 e. The number of aromatic amines is 1. The van der Waals surface area contributed by atoms with Crippen molar-refractivity contribution >= 4 is 0 Å². The third kappa shape index (κ3) is 3.12. The van der Waals surface area contributed by atoms with E-state index in [2.05, 4.69) is 26.4 Å². The maximum Gasteiger partial charge on any atom is 0.161 e. The molecule has 0 bridgehead atoms. The quantitative estimate of drug-likeness (QED) is 0.774. The van der Waals surface area contributed by atoms with Crippen molar-refractivity contribution in [1.82, 2.24) is 19.5 Å². The van der Waals surface area contributed by atoms with Gasteiger partial charge in [-0.2, -0.15) is 0 Å². The monoisotopic (exact) mass is 338 g/mol. The van der Waals surface area contributed by atoms with Crippen molar-refractivity contribution in [3.05, 3.63) is 48.2 Å². The Labute approximate surface area is 146 Å². The van der Waals surface area contributed by atoms with E-state index in [0.717, 1.165) is 53.9 Å². The Balaban J connectivity index is 1.46. The second-order valence-corrected chi connectivity index (χ2v) is 6.24. The standard InChI is InChI=1S/C19H22N4O2/c1-3-17-21-13(2)18(22-17)19-20-9-11-23(19)10-8-14-12-24-15-6-4-5-7-16(15)25-14/h4-7,9,11,14H,3,8,10,12H2,1-2H3,(H,21,22). The van der Waals surface area contributed by atoms with Gasteiger partial charge in [-0.05, 0) is 19.1 Å². The molecule has 1 aliphatic heterocycles. The van der Waals surface area contributed by atoms with Crippen molar-refractivity contribution in [1.29, 1.82) is 0 Å². The number of para-hydroxylation sites is 2. The van der Waals surface area contributed by atoms with Crippen LogP contribution in [0.15, 0.2) is 36.7 Å². The Morgan fingerprint density at radius 3 is 2.92 bits per heavy atom. The SMILES string of the molecule is CCc1nc(-c2nccn2CCC2COc3ccccc3O2)c(C)[nH]1. The molecule has 0 spiro atoms. The van der Waals surface area contributed by atoms with Gasteiger partial charge in [-0.25, -0.2) is 9.97 Å². The lowest BCUT2D eigenvalue weighted by atomic mass is 10.2. The van der Waals surface area contributed by atoms with E-state index >= 15 is 0 Å². The number of hydrogen-bond acceptors (Lipinski definition) is 4. The first-order valence-electron chi connectivity index (χ1n) is 8.70. The Kier molecular flexibility index (Phi) is 4.17. The summed E-state index contributed by atoms with van der Waals surface area (Å²) in [5.41, 5.74) is 1.98. The number of rotatable bonds is 5. The number of aryl methyl sites for hydroxylation is 3. The summed E-state index contributed by atoms with van der Waals surface area (Å²) in [4.78, 5) is 12.5. The van der Waals surface area contributed by atoms with E-state index in [0.29, 0.717) is 6.61 Å². The molecule has 4 rings (SSSR count). The van der Waals surface area contributed by atoms with Crippen LogP contribution < -0.4 is 9.47 Å². The first kappa shape index (κ1) is 15.7. The van der Waals surface area contributed by atoms with Crippen molar-refractivity contribution in [3.8, 4) is 23.0 Å². The molecule has 6 heteroatoms.